The van der Waals surface area contributed by atoms with Crippen LogP contribution in [-0.2, 0) is 20.6 Å². The molecular formula is C14H17F5N2O4Si. The van der Waals surface area contributed by atoms with Gasteiger partial charge in [-0.3, -0.25) is 4.79 Å². The van der Waals surface area contributed by atoms with Crippen molar-refractivity contribution < 1.29 is 35.9 Å². The lowest BCUT2D eigenvalue weighted by molar-refractivity contribution is -0.146. The van der Waals surface area contributed by atoms with Crippen molar-refractivity contribution >= 4 is 14.3 Å². The van der Waals surface area contributed by atoms with E-state index in [0.29, 0.717) is 0 Å². The number of esters is 1. The van der Waals surface area contributed by atoms with Gasteiger partial charge in [-0.1, -0.05) is 0 Å². The highest BCUT2D eigenvalue weighted by Crippen LogP contribution is 2.23. The van der Waals surface area contributed by atoms with E-state index in [-0.39, 0.29) is 13.2 Å². The van der Waals surface area contributed by atoms with Crippen molar-refractivity contribution in [1.82, 2.24) is 5.01 Å². The fourth-order valence-corrected chi connectivity index (χ4v) is 2.43. The van der Waals surface area contributed by atoms with Gasteiger partial charge in [-0.25, -0.2) is 27.0 Å². The molecule has 0 unspecified atom stereocenters. The van der Waals surface area contributed by atoms with Crippen LogP contribution in [0.1, 0.15) is 5.56 Å². The van der Waals surface area contributed by atoms with E-state index in [2.05, 4.69) is 10.0 Å². The topological polar surface area (TPSA) is 68.2 Å². The Bertz CT molecular complexity index is 655. The van der Waals surface area contributed by atoms with E-state index in [4.69, 9.17) is 4.43 Å². The SMILES string of the molecule is C[Si](C)(C)OCCN(CC(=O)OCc1c(F)c(F)c(F)c(F)c1F)N=O. The van der Waals surface area contributed by atoms with E-state index < -0.39 is 62.1 Å². The minimum atomic E-state index is -2.31. The maximum Gasteiger partial charge on any atom is 0.327 e. The first-order valence-corrected chi connectivity index (χ1v) is 10.8. The molecule has 12 heteroatoms. The summed E-state index contributed by atoms with van der Waals surface area (Å²) < 4.78 is 75.9. The molecule has 0 N–H and O–H groups in total. The molecule has 26 heavy (non-hydrogen) atoms. The maximum absolute atomic E-state index is 13.5. The molecule has 0 bridgehead atoms. The summed E-state index contributed by atoms with van der Waals surface area (Å²) in [6, 6.07) is 0. The number of carbonyl (C=O) groups excluding carboxylic acids is 1. The first-order valence-electron chi connectivity index (χ1n) is 7.36. The Morgan fingerprint density at radius 2 is 1.50 bits per heavy atom. The number of rotatable bonds is 9. The van der Waals surface area contributed by atoms with E-state index in [1.165, 1.54) is 0 Å². The molecule has 0 saturated heterocycles. The average Bonchev–Trinajstić information content (AvgIpc) is 2.56. The molecule has 0 spiro atoms. The zero-order chi connectivity index (χ0) is 20.1. The summed E-state index contributed by atoms with van der Waals surface area (Å²) in [5.74, 6) is -11.9. The lowest BCUT2D eigenvalue weighted by atomic mass is 10.2. The second-order valence-electron chi connectivity index (χ2n) is 6.14. The Kier molecular flexibility index (Phi) is 7.63. The molecule has 1 aromatic rings. The zero-order valence-corrected chi connectivity index (χ0v) is 15.2. The molecule has 0 aromatic heterocycles. The summed E-state index contributed by atoms with van der Waals surface area (Å²) in [7, 11) is -1.84. The van der Waals surface area contributed by atoms with Crippen LogP contribution in [0.25, 0.3) is 0 Å². The molecule has 0 aliphatic carbocycles. The zero-order valence-electron chi connectivity index (χ0n) is 14.2. The number of carbonyl (C=O) groups is 1. The molecule has 1 aromatic carbocycles. The van der Waals surface area contributed by atoms with Crippen LogP contribution in [0, 0.1) is 34.0 Å². The monoisotopic (exact) mass is 400 g/mol. The van der Waals surface area contributed by atoms with Gasteiger partial charge in [-0.15, -0.1) is 4.91 Å². The van der Waals surface area contributed by atoms with Gasteiger partial charge in [0.05, 0.1) is 24.0 Å². The normalized spacial score (nSPS) is 11.4. The second-order valence-corrected chi connectivity index (χ2v) is 10.7. The predicted molar refractivity (Wildman–Crippen MR) is 82.7 cm³/mol. The number of halogens is 5. The minimum absolute atomic E-state index is 0.0363. The third kappa shape index (κ3) is 6.02. The number of ether oxygens (including phenoxy) is 1. The maximum atomic E-state index is 13.5. The summed E-state index contributed by atoms with van der Waals surface area (Å²) in [6.45, 7) is 3.94. The lowest BCUT2D eigenvalue weighted by Gasteiger charge is -2.20. The molecule has 146 valence electrons. The van der Waals surface area contributed by atoms with Gasteiger partial charge in [-0.2, -0.15) is 0 Å². The van der Waals surface area contributed by atoms with Gasteiger partial charge in [0.1, 0.15) is 13.2 Å². The van der Waals surface area contributed by atoms with Gasteiger partial charge < -0.3 is 9.16 Å². The van der Waals surface area contributed by atoms with E-state index in [1.807, 2.05) is 19.6 Å². The number of hydrogen-bond acceptors (Lipinski definition) is 5. The van der Waals surface area contributed by atoms with E-state index in [9.17, 15) is 31.7 Å². The first kappa shape index (κ1) is 22.0. The number of nitroso groups, excluding NO2 is 1. The van der Waals surface area contributed by atoms with Crippen molar-refractivity contribution in [2.24, 2.45) is 5.29 Å². The average molecular weight is 400 g/mol. The van der Waals surface area contributed by atoms with Crippen LogP contribution in [0.4, 0.5) is 22.0 Å². The second kappa shape index (κ2) is 9.03. The van der Waals surface area contributed by atoms with E-state index in [0.717, 1.165) is 5.01 Å². The van der Waals surface area contributed by atoms with Crippen LogP contribution < -0.4 is 0 Å². The van der Waals surface area contributed by atoms with Gasteiger partial charge in [0.15, 0.2) is 31.6 Å². The summed E-state index contributed by atoms with van der Waals surface area (Å²) in [5.41, 5.74) is -1.29. The Balaban J connectivity index is 2.65. The number of nitrogens with zero attached hydrogens (tertiary/aromatic N) is 2. The van der Waals surface area contributed by atoms with Gasteiger partial charge >= 0.3 is 5.97 Å². The van der Waals surface area contributed by atoms with Crippen molar-refractivity contribution in [2.75, 3.05) is 19.7 Å². The van der Waals surface area contributed by atoms with Crippen LogP contribution in [0.2, 0.25) is 19.6 Å². The van der Waals surface area contributed by atoms with Crippen molar-refractivity contribution in [3.8, 4) is 0 Å². The van der Waals surface area contributed by atoms with E-state index in [1.54, 1.807) is 0 Å². The molecule has 0 radical (unpaired) electrons. The summed E-state index contributed by atoms with van der Waals surface area (Å²) in [4.78, 5) is 22.3. The Morgan fingerprint density at radius 1 is 1.00 bits per heavy atom. The third-order valence-corrected chi connectivity index (χ3v) is 4.06. The van der Waals surface area contributed by atoms with Gasteiger partial charge in [-0.05, 0) is 19.6 Å². The number of benzene rings is 1. The Hall–Kier alpha value is -2.08. The predicted octanol–water partition coefficient (Wildman–Crippen LogP) is 3.26. The first-order chi connectivity index (χ1) is 12.0. The van der Waals surface area contributed by atoms with Gasteiger partial charge in [0, 0.05) is 0 Å². The van der Waals surface area contributed by atoms with E-state index >= 15 is 0 Å². The van der Waals surface area contributed by atoms with Crippen molar-refractivity contribution in [2.45, 2.75) is 26.2 Å². The molecule has 0 fully saturated rings. The molecule has 0 atom stereocenters. The summed E-state index contributed by atoms with van der Waals surface area (Å²) in [5, 5.41) is 3.33. The molecule has 0 amide bonds. The Morgan fingerprint density at radius 3 is 1.96 bits per heavy atom. The molecule has 0 heterocycles. The van der Waals surface area contributed by atoms with Crippen LogP contribution in [0.15, 0.2) is 5.29 Å². The van der Waals surface area contributed by atoms with Crippen LogP contribution in [-0.4, -0.2) is 39.0 Å². The summed E-state index contributed by atoms with van der Waals surface area (Å²) >= 11 is 0. The highest BCUT2D eigenvalue weighted by Gasteiger charge is 2.26. The van der Waals surface area contributed by atoms with Crippen molar-refractivity contribution in [1.29, 1.82) is 0 Å². The standard InChI is InChI=1S/C14H17F5N2O4Si/c1-26(2,3)25-5-4-21(20-23)6-9(22)24-7-8-10(15)12(17)14(19)13(18)11(8)16/h4-7H2,1-3H3. The molecule has 0 aliphatic heterocycles. The molecular weight excluding hydrogens is 383 g/mol. The van der Waals surface area contributed by atoms with Crippen molar-refractivity contribution in [3.63, 3.8) is 0 Å². The third-order valence-electron chi connectivity index (χ3n) is 2.99. The Labute approximate surface area is 146 Å². The molecule has 0 saturated carbocycles. The number of hydrogen-bond donors (Lipinski definition) is 0. The largest absolute Gasteiger partial charge is 0.459 e. The summed E-state index contributed by atoms with van der Waals surface area (Å²) in [6.07, 6.45) is 0. The van der Waals surface area contributed by atoms with Crippen LogP contribution >= 0.6 is 0 Å². The fraction of sp³-hybridized carbons (Fsp3) is 0.500. The minimum Gasteiger partial charge on any atom is -0.459 e. The fourth-order valence-electron chi connectivity index (χ4n) is 1.73. The lowest BCUT2D eigenvalue weighted by Crippen LogP contribution is -2.33. The highest BCUT2D eigenvalue weighted by atomic mass is 28.4. The van der Waals surface area contributed by atoms with Crippen molar-refractivity contribution in [3.05, 3.63) is 39.6 Å². The van der Waals surface area contributed by atoms with Crippen LogP contribution in [0.3, 0.4) is 0 Å². The molecule has 6 nitrogen and oxygen atoms in total. The quantitative estimate of drug-likeness (QED) is 0.121. The molecule has 1 rings (SSSR count). The highest BCUT2D eigenvalue weighted by molar-refractivity contribution is 6.69. The van der Waals surface area contributed by atoms with Crippen LogP contribution in [0.5, 0.6) is 0 Å². The van der Waals surface area contributed by atoms with Gasteiger partial charge in [0.25, 0.3) is 0 Å². The smallest absolute Gasteiger partial charge is 0.327 e. The van der Waals surface area contributed by atoms with Gasteiger partial charge in [0.2, 0.25) is 5.82 Å². The molecule has 0 aliphatic rings.